The van der Waals surface area contributed by atoms with Crippen molar-refractivity contribution >= 4 is 76.1 Å². The molecule has 0 aromatic carbocycles. The number of amides is 3. The SMILES string of the molecule is CC(=O)N1CC[C@H](NC(=S)C(=O)Nc2ccc(Cl)cn2)[C@H](NC(=O)c2nc3c(s2)CN(C)CC3)C1.Cl. The molecule has 10 nitrogen and oxygen atoms in total. The topological polar surface area (TPSA) is 120 Å². The highest BCUT2D eigenvalue weighted by Gasteiger charge is 2.34. The number of carbonyl (C=O) groups is 3. The van der Waals surface area contributed by atoms with Gasteiger partial charge in [-0.25, -0.2) is 9.97 Å². The van der Waals surface area contributed by atoms with Crippen LogP contribution in [0.4, 0.5) is 5.82 Å². The first-order valence-corrected chi connectivity index (χ1v) is 12.8. The predicted octanol–water partition coefficient (Wildman–Crippen LogP) is 1.88. The molecule has 36 heavy (non-hydrogen) atoms. The fourth-order valence-electron chi connectivity index (χ4n) is 4.06. The van der Waals surface area contributed by atoms with Crippen molar-refractivity contribution in [2.24, 2.45) is 0 Å². The van der Waals surface area contributed by atoms with Gasteiger partial charge in [0.05, 0.1) is 22.8 Å². The van der Waals surface area contributed by atoms with E-state index in [9.17, 15) is 14.4 Å². The van der Waals surface area contributed by atoms with Gasteiger partial charge in [-0.05, 0) is 25.6 Å². The molecule has 2 aliphatic heterocycles. The second-order valence-electron chi connectivity index (χ2n) is 8.61. The zero-order chi connectivity index (χ0) is 25.1. The average molecular weight is 573 g/mol. The van der Waals surface area contributed by atoms with Gasteiger partial charge in [0.1, 0.15) is 5.82 Å². The van der Waals surface area contributed by atoms with Crippen LogP contribution in [0.3, 0.4) is 0 Å². The van der Waals surface area contributed by atoms with Crippen LogP contribution in [0.25, 0.3) is 0 Å². The first-order chi connectivity index (χ1) is 16.7. The van der Waals surface area contributed by atoms with Gasteiger partial charge in [0.15, 0.2) is 10.00 Å². The van der Waals surface area contributed by atoms with Gasteiger partial charge in [0, 0.05) is 50.6 Å². The smallest absolute Gasteiger partial charge is 0.284 e. The lowest BCUT2D eigenvalue weighted by Crippen LogP contribution is -2.61. The largest absolute Gasteiger partial charge is 0.367 e. The molecule has 0 saturated carbocycles. The number of piperidine rings is 1. The number of nitrogens with one attached hydrogen (secondary N) is 3. The molecule has 14 heteroatoms. The molecule has 2 aromatic rings. The van der Waals surface area contributed by atoms with Crippen LogP contribution in [0.1, 0.15) is 33.7 Å². The zero-order valence-corrected chi connectivity index (χ0v) is 23.0. The monoisotopic (exact) mass is 571 g/mol. The van der Waals surface area contributed by atoms with Crippen LogP contribution >= 0.6 is 47.6 Å². The summed E-state index contributed by atoms with van der Waals surface area (Å²) in [4.78, 5) is 51.2. The molecular formula is C22H27Cl2N7O3S2. The van der Waals surface area contributed by atoms with E-state index in [1.807, 2.05) is 7.05 Å². The predicted molar refractivity (Wildman–Crippen MR) is 145 cm³/mol. The number of carbonyl (C=O) groups excluding carboxylic acids is 3. The number of rotatable bonds is 4. The minimum Gasteiger partial charge on any atom is -0.367 e. The van der Waals surface area contributed by atoms with Crippen LogP contribution < -0.4 is 16.0 Å². The van der Waals surface area contributed by atoms with Gasteiger partial charge in [-0.2, -0.15) is 0 Å². The van der Waals surface area contributed by atoms with Gasteiger partial charge >= 0.3 is 0 Å². The van der Waals surface area contributed by atoms with Crippen molar-refractivity contribution in [3.63, 3.8) is 0 Å². The number of fused-ring (bicyclic) bond motifs is 1. The highest BCUT2D eigenvalue weighted by Crippen LogP contribution is 2.25. The van der Waals surface area contributed by atoms with Crippen LogP contribution in [0, 0.1) is 0 Å². The Kier molecular flexibility index (Phi) is 9.59. The Labute approximate surface area is 229 Å². The zero-order valence-electron chi connectivity index (χ0n) is 19.7. The van der Waals surface area contributed by atoms with E-state index in [0.717, 1.165) is 30.1 Å². The highest BCUT2D eigenvalue weighted by molar-refractivity contribution is 7.82. The van der Waals surface area contributed by atoms with E-state index in [2.05, 4.69) is 30.8 Å². The third-order valence-corrected chi connectivity index (χ3v) is 7.59. The van der Waals surface area contributed by atoms with E-state index in [1.54, 1.807) is 17.0 Å². The lowest BCUT2D eigenvalue weighted by Gasteiger charge is -2.39. The summed E-state index contributed by atoms with van der Waals surface area (Å²) < 4.78 is 0. The minimum absolute atomic E-state index is 0. The number of aromatic nitrogens is 2. The summed E-state index contributed by atoms with van der Waals surface area (Å²) in [6.45, 7) is 3.97. The van der Waals surface area contributed by atoms with Crippen LogP contribution in [0.15, 0.2) is 18.3 Å². The Morgan fingerprint density at radius 3 is 2.67 bits per heavy atom. The third kappa shape index (κ3) is 6.88. The number of halogens is 2. The van der Waals surface area contributed by atoms with E-state index in [4.69, 9.17) is 23.8 Å². The second kappa shape index (κ2) is 12.2. The first-order valence-electron chi connectivity index (χ1n) is 11.2. The van der Waals surface area contributed by atoms with Gasteiger partial charge < -0.3 is 25.8 Å². The lowest BCUT2D eigenvalue weighted by atomic mass is 9.98. The van der Waals surface area contributed by atoms with Crippen LogP contribution in [-0.2, 0) is 22.6 Å². The molecule has 2 aliphatic rings. The normalized spacial score (nSPS) is 19.5. The lowest BCUT2D eigenvalue weighted by molar-refractivity contribution is -0.130. The van der Waals surface area contributed by atoms with Crippen LogP contribution in [0.2, 0.25) is 5.02 Å². The maximum Gasteiger partial charge on any atom is 0.284 e. The molecule has 2 atom stereocenters. The molecule has 4 heterocycles. The summed E-state index contributed by atoms with van der Waals surface area (Å²) >= 11 is 12.5. The van der Waals surface area contributed by atoms with Crippen molar-refractivity contribution in [1.29, 1.82) is 0 Å². The van der Waals surface area contributed by atoms with Gasteiger partial charge in [0.25, 0.3) is 11.8 Å². The number of hydrogen-bond acceptors (Lipinski definition) is 8. The van der Waals surface area contributed by atoms with Gasteiger partial charge in [-0.1, -0.05) is 23.8 Å². The van der Waals surface area contributed by atoms with Crippen molar-refractivity contribution in [1.82, 2.24) is 30.4 Å². The number of anilines is 1. The molecule has 0 aliphatic carbocycles. The molecular weight excluding hydrogens is 545 g/mol. The van der Waals surface area contributed by atoms with Crippen molar-refractivity contribution in [3.8, 4) is 0 Å². The molecule has 0 unspecified atom stereocenters. The Hall–Kier alpha value is -2.38. The Balaban J connectivity index is 0.00000361. The molecule has 4 rings (SSSR count). The minimum atomic E-state index is -0.523. The number of thiazole rings is 1. The van der Waals surface area contributed by atoms with Crippen LogP contribution in [-0.4, -0.2) is 81.2 Å². The van der Waals surface area contributed by atoms with E-state index >= 15 is 0 Å². The maximum atomic E-state index is 13.1. The Morgan fingerprint density at radius 1 is 1.19 bits per heavy atom. The van der Waals surface area contributed by atoms with Crippen molar-refractivity contribution in [3.05, 3.63) is 38.9 Å². The van der Waals surface area contributed by atoms with Crippen LogP contribution in [0.5, 0.6) is 0 Å². The Morgan fingerprint density at radius 2 is 1.97 bits per heavy atom. The highest BCUT2D eigenvalue weighted by atomic mass is 35.5. The molecule has 194 valence electrons. The molecule has 2 aromatic heterocycles. The number of nitrogens with zero attached hydrogens (tertiary/aromatic N) is 4. The number of likely N-dealkylation sites (tertiary alicyclic amines) is 1. The summed E-state index contributed by atoms with van der Waals surface area (Å²) in [5.74, 6) is -0.580. The molecule has 0 radical (unpaired) electrons. The fraction of sp³-hybridized carbons (Fsp3) is 0.455. The number of thiocarbonyl (C=S) groups is 1. The molecule has 0 bridgehead atoms. The second-order valence-corrected chi connectivity index (χ2v) is 10.5. The van der Waals surface area contributed by atoms with Crippen molar-refractivity contribution in [2.45, 2.75) is 38.4 Å². The van der Waals surface area contributed by atoms with E-state index in [0.29, 0.717) is 35.4 Å². The van der Waals surface area contributed by atoms with Gasteiger partial charge in [0.2, 0.25) is 5.91 Å². The standard InChI is InChI=1S/C22H26ClN7O3S2.ClH/c1-12(31)30-8-6-14(26-21(34)19(32)28-18-4-3-13(23)9-24-18)16(10-30)25-20(33)22-27-15-5-7-29(2)11-17(15)35-22;/h3-4,9,14,16H,5-8,10-11H2,1-2H3,(H,25,33)(H,26,34)(H,24,28,32);1H/t14-,16+;/m0./s1. The molecule has 1 fully saturated rings. The average Bonchev–Trinajstić information content (AvgIpc) is 3.25. The van der Waals surface area contributed by atoms with Gasteiger partial charge in [-0.3, -0.25) is 14.4 Å². The number of hydrogen-bond donors (Lipinski definition) is 3. The number of likely N-dealkylation sites (N-methyl/N-ethyl adjacent to an activating group) is 1. The summed E-state index contributed by atoms with van der Waals surface area (Å²) in [6, 6.07) is 2.38. The molecule has 1 saturated heterocycles. The fourth-order valence-corrected chi connectivity index (χ4v) is 5.47. The van der Waals surface area contributed by atoms with Crippen molar-refractivity contribution in [2.75, 3.05) is 32.0 Å². The molecule has 3 amide bonds. The van der Waals surface area contributed by atoms with E-state index < -0.39 is 11.9 Å². The third-order valence-electron chi connectivity index (χ3n) is 5.98. The first kappa shape index (κ1) is 28.2. The number of pyridine rings is 1. The molecule has 0 spiro atoms. The summed E-state index contributed by atoms with van der Waals surface area (Å²) in [6.07, 6.45) is 2.74. The van der Waals surface area contributed by atoms with Crippen molar-refractivity contribution < 1.29 is 14.4 Å². The van der Waals surface area contributed by atoms with E-state index in [1.165, 1.54) is 24.5 Å². The Bertz CT molecular complexity index is 1150. The van der Waals surface area contributed by atoms with Gasteiger partial charge in [-0.15, -0.1) is 23.7 Å². The summed E-state index contributed by atoms with van der Waals surface area (Å²) in [5, 5.41) is 9.55. The quantitative estimate of drug-likeness (QED) is 0.476. The summed E-state index contributed by atoms with van der Waals surface area (Å²) in [5.41, 5.74) is 0.968. The molecule has 3 N–H and O–H groups in total. The van der Waals surface area contributed by atoms with E-state index in [-0.39, 0.29) is 35.3 Å². The summed E-state index contributed by atoms with van der Waals surface area (Å²) in [7, 11) is 2.04. The maximum absolute atomic E-state index is 13.1.